The van der Waals surface area contributed by atoms with Crippen molar-refractivity contribution in [3.63, 3.8) is 0 Å². The molecule has 208 valence electrons. The van der Waals surface area contributed by atoms with Gasteiger partial charge >= 0.3 is 0 Å². The lowest BCUT2D eigenvalue weighted by Gasteiger charge is -2.33. The molecule has 0 heterocycles. The molecule has 3 aromatic rings. The van der Waals surface area contributed by atoms with Crippen molar-refractivity contribution in [3.05, 3.63) is 101 Å². The predicted molar refractivity (Wildman–Crippen MR) is 157 cm³/mol. The standard InChI is InChI=1S/C30H36ClN3O4S/c1-22(2)19-32-30(36)28(18-24-10-6-5-7-11-24)33(20-25-12-8-9-23(3)17-25)29(35)21-34(39(4,37)38)27-15-13-26(31)14-16-27/h5-17,22,28H,18-21H2,1-4H3,(H,32,36). The third kappa shape index (κ3) is 9.11. The molecule has 1 N–H and O–H groups in total. The molecule has 0 aromatic heterocycles. The van der Waals surface area contributed by atoms with Gasteiger partial charge < -0.3 is 10.2 Å². The number of carbonyl (C=O) groups is 2. The van der Waals surface area contributed by atoms with E-state index in [1.54, 1.807) is 24.3 Å². The average molecular weight is 570 g/mol. The van der Waals surface area contributed by atoms with Crippen LogP contribution in [0.25, 0.3) is 0 Å². The van der Waals surface area contributed by atoms with Crippen molar-refractivity contribution in [1.29, 1.82) is 0 Å². The largest absolute Gasteiger partial charge is 0.354 e. The summed E-state index contributed by atoms with van der Waals surface area (Å²) in [6.45, 7) is 6.09. The van der Waals surface area contributed by atoms with Crippen LogP contribution in [0.2, 0.25) is 5.02 Å². The van der Waals surface area contributed by atoms with Crippen LogP contribution in [0.15, 0.2) is 78.9 Å². The summed E-state index contributed by atoms with van der Waals surface area (Å²) < 4.78 is 26.6. The number of nitrogens with zero attached hydrogens (tertiary/aromatic N) is 2. The Kier molecular flexibility index (Phi) is 10.5. The second-order valence-electron chi connectivity index (χ2n) is 10.1. The van der Waals surface area contributed by atoms with Crippen LogP contribution in [-0.4, -0.2) is 50.5 Å². The molecule has 1 atom stereocenters. The summed E-state index contributed by atoms with van der Waals surface area (Å²) in [5, 5.41) is 3.43. The Morgan fingerprint density at radius 2 is 1.56 bits per heavy atom. The number of sulfonamides is 1. The molecule has 0 aliphatic carbocycles. The lowest BCUT2D eigenvalue weighted by molar-refractivity contribution is -0.140. The van der Waals surface area contributed by atoms with Crippen molar-refractivity contribution >= 4 is 39.1 Å². The molecule has 0 fully saturated rings. The van der Waals surface area contributed by atoms with Gasteiger partial charge in [-0.1, -0.05) is 85.6 Å². The van der Waals surface area contributed by atoms with Gasteiger partial charge in [0.25, 0.3) is 0 Å². The van der Waals surface area contributed by atoms with Crippen LogP contribution in [0.4, 0.5) is 5.69 Å². The molecule has 0 aliphatic heterocycles. The first-order valence-corrected chi connectivity index (χ1v) is 15.1. The zero-order valence-electron chi connectivity index (χ0n) is 22.8. The highest BCUT2D eigenvalue weighted by molar-refractivity contribution is 7.92. The van der Waals surface area contributed by atoms with Crippen molar-refractivity contribution in [2.75, 3.05) is 23.7 Å². The number of nitrogens with one attached hydrogen (secondary N) is 1. The maximum Gasteiger partial charge on any atom is 0.244 e. The fraction of sp³-hybridized carbons (Fsp3) is 0.333. The summed E-state index contributed by atoms with van der Waals surface area (Å²) in [6, 6.07) is 22.6. The molecule has 2 amide bonds. The third-order valence-electron chi connectivity index (χ3n) is 6.18. The topological polar surface area (TPSA) is 86.8 Å². The third-order valence-corrected chi connectivity index (χ3v) is 7.58. The first-order chi connectivity index (χ1) is 18.4. The highest BCUT2D eigenvalue weighted by Gasteiger charge is 2.33. The normalized spacial score (nSPS) is 12.2. The number of benzene rings is 3. The SMILES string of the molecule is Cc1cccc(CN(C(=O)CN(c2ccc(Cl)cc2)S(C)(=O)=O)C(Cc2ccccc2)C(=O)NCC(C)C)c1. The van der Waals surface area contributed by atoms with Gasteiger partial charge in [-0.2, -0.15) is 0 Å². The van der Waals surface area contributed by atoms with Crippen molar-refractivity contribution in [1.82, 2.24) is 10.2 Å². The van der Waals surface area contributed by atoms with Crippen molar-refractivity contribution in [3.8, 4) is 0 Å². The molecule has 0 spiro atoms. The van der Waals surface area contributed by atoms with Crippen LogP contribution >= 0.6 is 11.6 Å². The molecule has 0 radical (unpaired) electrons. The number of hydrogen-bond donors (Lipinski definition) is 1. The summed E-state index contributed by atoms with van der Waals surface area (Å²) in [5.41, 5.74) is 3.06. The monoisotopic (exact) mass is 569 g/mol. The Morgan fingerprint density at radius 3 is 2.15 bits per heavy atom. The van der Waals surface area contributed by atoms with E-state index in [2.05, 4.69) is 5.32 Å². The van der Waals surface area contributed by atoms with Gasteiger partial charge in [-0.3, -0.25) is 13.9 Å². The van der Waals surface area contributed by atoms with E-state index in [4.69, 9.17) is 11.6 Å². The van der Waals surface area contributed by atoms with Gasteiger partial charge in [0.05, 0.1) is 11.9 Å². The summed E-state index contributed by atoms with van der Waals surface area (Å²) in [6.07, 6.45) is 1.33. The van der Waals surface area contributed by atoms with E-state index in [9.17, 15) is 18.0 Å². The molecular weight excluding hydrogens is 534 g/mol. The Hall–Kier alpha value is -3.36. The minimum Gasteiger partial charge on any atom is -0.354 e. The molecule has 3 rings (SSSR count). The molecule has 0 aliphatic rings. The molecule has 39 heavy (non-hydrogen) atoms. The summed E-state index contributed by atoms with van der Waals surface area (Å²) in [5.74, 6) is -0.554. The van der Waals surface area contributed by atoms with Gasteiger partial charge in [-0.15, -0.1) is 0 Å². The molecule has 0 saturated heterocycles. The summed E-state index contributed by atoms with van der Waals surface area (Å²) in [4.78, 5) is 29.1. The second-order valence-corrected chi connectivity index (χ2v) is 12.4. The number of halogens is 1. The Morgan fingerprint density at radius 1 is 0.923 bits per heavy atom. The predicted octanol–water partition coefficient (Wildman–Crippen LogP) is 4.83. The van der Waals surface area contributed by atoms with Gasteiger partial charge in [-0.25, -0.2) is 8.42 Å². The van der Waals surface area contributed by atoms with Crippen molar-refractivity contribution in [2.45, 2.75) is 39.8 Å². The van der Waals surface area contributed by atoms with Crippen LogP contribution in [0.5, 0.6) is 0 Å². The second kappa shape index (κ2) is 13.6. The van der Waals surface area contributed by atoms with Gasteiger partial charge in [0.1, 0.15) is 12.6 Å². The molecule has 0 bridgehead atoms. The van der Waals surface area contributed by atoms with Crippen LogP contribution in [-0.2, 0) is 32.6 Å². The van der Waals surface area contributed by atoms with E-state index >= 15 is 0 Å². The maximum atomic E-state index is 14.0. The van der Waals surface area contributed by atoms with Gasteiger partial charge in [-0.05, 0) is 48.2 Å². The first kappa shape index (κ1) is 30.2. The minimum absolute atomic E-state index is 0.144. The summed E-state index contributed by atoms with van der Waals surface area (Å²) >= 11 is 6.01. The van der Waals surface area contributed by atoms with E-state index < -0.39 is 28.5 Å². The van der Waals surface area contributed by atoms with Crippen molar-refractivity contribution < 1.29 is 18.0 Å². The van der Waals surface area contributed by atoms with E-state index in [0.717, 1.165) is 27.3 Å². The Balaban J connectivity index is 2.04. The highest BCUT2D eigenvalue weighted by atomic mass is 35.5. The first-order valence-electron chi connectivity index (χ1n) is 12.8. The van der Waals surface area contributed by atoms with E-state index in [-0.39, 0.29) is 24.8 Å². The number of carbonyl (C=O) groups excluding carboxylic acids is 2. The zero-order valence-corrected chi connectivity index (χ0v) is 24.4. The summed E-state index contributed by atoms with van der Waals surface area (Å²) in [7, 11) is -3.82. The maximum absolute atomic E-state index is 14.0. The van der Waals surface area contributed by atoms with Crippen LogP contribution in [0.3, 0.4) is 0 Å². The van der Waals surface area contributed by atoms with Gasteiger partial charge in [0.15, 0.2) is 0 Å². The average Bonchev–Trinajstić information content (AvgIpc) is 2.88. The van der Waals surface area contributed by atoms with E-state index in [0.29, 0.717) is 17.3 Å². The Bertz CT molecular complexity index is 1360. The van der Waals surface area contributed by atoms with Crippen LogP contribution in [0, 0.1) is 12.8 Å². The zero-order chi connectivity index (χ0) is 28.6. The van der Waals surface area contributed by atoms with Crippen LogP contribution in [0.1, 0.15) is 30.5 Å². The fourth-order valence-corrected chi connectivity index (χ4v) is 5.18. The minimum atomic E-state index is -3.82. The highest BCUT2D eigenvalue weighted by Crippen LogP contribution is 2.22. The Labute approximate surface area is 236 Å². The van der Waals surface area contributed by atoms with Crippen LogP contribution < -0.4 is 9.62 Å². The molecule has 7 nitrogen and oxygen atoms in total. The fourth-order valence-electron chi connectivity index (χ4n) is 4.20. The molecule has 1 unspecified atom stereocenters. The number of hydrogen-bond acceptors (Lipinski definition) is 4. The lowest BCUT2D eigenvalue weighted by Crippen LogP contribution is -2.53. The lowest BCUT2D eigenvalue weighted by atomic mass is 10.0. The van der Waals surface area contributed by atoms with E-state index in [1.807, 2.05) is 75.4 Å². The van der Waals surface area contributed by atoms with Gasteiger partial charge in [0.2, 0.25) is 21.8 Å². The molecule has 0 saturated carbocycles. The number of anilines is 1. The van der Waals surface area contributed by atoms with Gasteiger partial charge in [0, 0.05) is 24.5 Å². The van der Waals surface area contributed by atoms with E-state index in [1.165, 1.54) is 4.90 Å². The quantitative estimate of drug-likeness (QED) is 0.338. The molecule has 3 aromatic carbocycles. The number of rotatable bonds is 12. The van der Waals surface area contributed by atoms with Crippen molar-refractivity contribution in [2.24, 2.45) is 5.92 Å². The number of aryl methyl sites for hydroxylation is 1. The molecular formula is C30H36ClN3O4S. The smallest absolute Gasteiger partial charge is 0.244 e. The molecule has 9 heteroatoms. The number of amides is 2.